The number of thioether (sulfide) groups is 1. The number of aryl methyl sites for hydroxylation is 3. The van der Waals surface area contributed by atoms with Gasteiger partial charge in [0.05, 0.1) is 10.9 Å². The molecule has 2 heterocycles. The number of hydrogen-bond acceptors (Lipinski definition) is 6. The largest absolute Gasteiger partial charge is 0.361 e. The number of nitrogens with zero attached hydrogens (tertiary/aromatic N) is 2. The fraction of sp³-hybridized carbons (Fsp3) is 0.462. The van der Waals surface area contributed by atoms with Gasteiger partial charge in [0.2, 0.25) is 5.91 Å². The fourth-order valence-electron chi connectivity index (χ4n) is 1.65. The summed E-state index contributed by atoms with van der Waals surface area (Å²) < 4.78 is 10.0. The molecule has 1 atom stereocenters. The molecule has 2 aromatic rings. The molecular weight excluding hydrogens is 278 g/mol. The van der Waals surface area contributed by atoms with Crippen LogP contribution in [-0.4, -0.2) is 21.5 Å². The summed E-state index contributed by atoms with van der Waals surface area (Å²) in [5, 5.41) is 10.1. The molecule has 7 heteroatoms. The number of aromatic nitrogens is 2. The molecule has 0 spiro atoms. The van der Waals surface area contributed by atoms with Gasteiger partial charge in [-0.3, -0.25) is 4.79 Å². The van der Waals surface area contributed by atoms with Gasteiger partial charge in [0.25, 0.3) is 0 Å². The van der Waals surface area contributed by atoms with Crippen molar-refractivity contribution in [2.24, 2.45) is 0 Å². The van der Waals surface area contributed by atoms with E-state index >= 15 is 0 Å². The smallest absolute Gasteiger partial charge is 0.238 e. The van der Waals surface area contributed by atoms with Crippen molar-refractivity contribution < 1.29 is 13.8 Å². The van der Waals surface area contributed by atoms with Crippen molar-refractivity contribution in [3.63, 3.8) is 0 Å². The van der Waals surface area contributed by atoms with Crippen LogP contribution in [0.25, 0.3) is 0 Å². The van der Waals surface area contributed by atoms with Crippen molar-refractivity contribution in [1.82, 2.24) is 10.3 Å². The third kappa shape index (κ3) is 3.41. The van der Waals surface area contributed by atoms with Crippen LogP contribution in [0.5, 0.6) is 0 Å². The van der Waals surface area contributed by atoms with Gasteiger partial charge in [-0.25, -0.2) is 0 Å². The average Bonchev–Trinajstić information content (AvgIpc) is 2.94. The van der Waals surface area contributed by atoms with E-state index in [0.717, 1.165) is 17.0 Å². The molecule has 0 fully saturated rings. The first kappa shape index (κ1) is 14.6. The van der Waals surface area contributed by atoms with E-state index in [1.165, 1.54) is 11.8 Å². The Morgan fingerprint density at radius 2 is 2.10 bits per heavy atom. The van der Waals surface area contributed by atoms with E-state index in [1.807, 2.05) is 20.8 Å². The lowest BCUT2D eigenvalue weighted by atomic mass is 10.2. The second kappa shape index (κ2) is 6.13. The first-order valence-corrected chi connectivity index (χ1v) is 7.29. The molecule has 108 valence electrons. The van der Waals surface area contributed by atoms with Crippen LogP contribution in [0.2, 0.25) is 0 Å². The summed E-state index contributed by atoms with van der Waals surface area (Å²) in [6.45, 7) is 7.40. The van der Waals surface area contributed by atoms with Crippen molar-refractivity contribution in [3.05, 3.63) is 28.8 Å². The van der Waals surface area contributed by atoms with E-state index in [1.54, 1.807) is 13.0 Å². The van der Waals surface area contributed by atoms with Crippen molar-refractivity contribution in [1.29, 1.82) is 0 Å². The topological polar surface area (TPSA) is 81.2 Å². The highest BCUT2D eigenvalue weighted by Crippen LogP contribution is 2.23. The first-order valence-electron chi connectivity index (χ1n) is 6.25. The molecule has 1 N–H and O–H groups in total. The molecule has 0 bridgehead atoms. The van der Waals surface area contributed by atoms with Crippen LogP contribution >= 0.6 is 11.8 Å². The molecule has 2 aromatic heterocycles. The van der Waals surface area contributed by atoms with Crippen LogP contribution in [0, 0.1) is 20.8 Å². The van der Waals surface area contributed by atoms with Crippen molar-refractivity contribution >= 4 is 23.5 Å². The van der Waals surface area contributed by atoms with Gasteiger partial charge in [0.1, 0.15) is 11.5 Å². The van der Waals surface area contributed by atoms with E-state index < -0.39 is 0 Å². The molecule has 0 aliphatic rings. The van der Waals surface area contributed by atoms with E-state index in [4.69, 9.17) is 9.05 Å². The molecule has 6 nitrogen and oxygen atoms in total. The lowest BCUT2D eigenvalue weighted by Gasteiger charge is -2.10. The van der Waals surface area contributed by atoms with Gasteiger partial charge in [0, 0.05) is 17.4 Å². The van der Waals surface area contributed by atoms with E-state index in [-0.39, 0.29) is 11.2 Å². The van der Waals surface area contributed by atoms with Crippen LogP contribution in [-0.2, 0) is 10.5 Å². The normalized spacial score (nSPS) is 12.4. The van der Waals surface area contributed by atoms with Crippen molar-refractivity contribution in [3.8, 4) is 0 Å². The number of nitrogens with one attached hydrogen (secondary N) is 1. The number of anilines is 1. The van der Waals surface area contributed by atoms with Crippen LogP contribution in [0.1, 0.15) is 29.7 Å². The minimum Gasteiger partial charge on any atom is -0.361 e. The molecule has 0 saturated carbocycles. The zero-order chi connectivity index (χ0) is 14.7. The van der Waals surface area contributed by atoms with Gasteiger partial charge in [0.15, 0.2) is 5.82 Å². The summed E-state index contributed by atoms with van der Waals surface area (Å²) in [5.41, 5.74) is 1.92. The maximum absolute atomic E-state index is 12.0. The van der Waals surface area contributed by atoms with E-state index in [9.17, 15) is 4.79 Å². The number of carbonyl (C=O) groups is 1. The van der Waals surface area contributed by atoms with Gasteiger partial charge in [-0.05, 0) is 27.7 Å². The molecule has 0 aliphatic carbocycles. The Hall–Kier alpha value is -1.76. The molecule has 0 aromatic carbocycles. The number of carbonyl (C=O) groups excluding carboxylic acids is 1. The van der Waals surface area contributed by atoms with Crippen LogP contribution in [0.15, 0.2) is 15.1 Å². The molecule has 1 amide bonds. The lowest BCUT2D eigenvalue weighted by molar-refractivity contribution is -0.115. The number of amides is 1. The Morgan fingerprint density at radius 1 is 1.35 bits per heavy atom. The van der Waals surface area contributed by atoms with Gasteiger partial charge < -0.3 is 14.4 Å². The van der Waals surface area contributed by atoms with Crippen molar-refractivity contribution in [2.45, 2.75) is 38.7 Å². The molecule has 0 saturated heterocycles. The fourth-order valence-corrected chi connectivity index (χ4v) is 2.68. The standard InChI is InChI=1S/C13H17N3O3S/c1-7-5-12(16-18-7)14-13(17)10(4)20-6-11-8(2)15-19-9(11)3/h5,10H,6H2,1-4H3,(H,14,16,17). The molecule has 0 aliphatic heterocycles. The summed E-state index contributed by atoms with van der Waals surface area (Å²) >= 11 is 1.53. The van der Waals surface area contributed by atoms with E-state index in [2.05, 4.69) is 15.6 Å². The second-order valence-electron chi connectivity index (χ2n) is 4.57. The number of hydrogen-bond donors (Lipinski definition) is 1. The molecular formula is C13H17N3O3S. The third-order valence-corrected chi connectivity index (χ3v) is 4.08. The van der Waals surface area contributed by atoms with Gasteiger partial charge in [-0.1, -0.05) is 10.3 Å². The third-order valence-electron chi connectivity index (χ3n) is 2.91. The zero-order valence-corrected chi connectivity index (χ0v) is 12.7. The van der Waals surface area contributed by atoms with Crippen molar-refractivity contribution in [2.75, 3.05) is 5.32 Å². The SMILES string of the molecule is Cc1cc(NC(=O)C(C)SCc2c(C)noc2C)no1. The monoisotopic (exact) mass is 295 g/mol. The molecule has 1 unspecified atom stereocenters. The Kier molecular flexibility index (Phi) is 4.49. The summed E-state index contributed by atoms with van der Waals surface area (Å²) in [6, 6.07) is 1.68. The predicted molar refractivity (Wildman–Crippen MR) is 76.6 cm³/mol. The maximum Gasteiger partial charge on any atom is 0.238 e. The van der Waals surface area contributed by atoms with Gasteiger partial charge in [-0.15, -0.1) is 11.8 Å². The molecule has 20 heavy (non-hydrogen) atoms. The zero-order valence-electron chi connectivity index (χ0n) is 11.9. The maximum atomic E-state index is 12.0. The number of rotatable bonds is 5. The highest BCUT2D eigenvalue weighted by atomic mass is 32.2. The first-order chi connectivity index (χ1) is 9.47. The predicted octanol–water partition coefficient (Wildman–Crippen LogP) is 2.85. The van der Waals surface area contributed by atoms with Crippen LogP contribution in [0.4, 0.5) is 5.82 Å². The summed E-state index contributed by atoms with van der Waals surface area (Å²) in [7, 11) is 0. The second-order valence-corrected chi connectivity index (χ2v) is 5.90. The average molecular weight is 295 g/mol. The van der Waals surface area contributed by atoms with E-state index in [0.29, 0.717) is 17.3 Å². The highest BCUT2D eigenvalue weighted by Gasteiger charge is 2.17. The summed E-state index contributed by atoms with van der Waals surface area (Å²) in [5.74, 6) is 2.49. The minimum absolute atomic E-state index is 0.102. The molecule has 0 radical (unpaired) electrons. The summed E-state index contributed by atoms with van der Waals surface area (Å²) in [4.78, 5) is 12.0. The van der Waals surface area contributed by atoms with Gasteiger partial charge in [-0.2, -0.15) is 0 Å². The Balaban J connectivity index is 1.88. The highest BCUT2D eigenvalue weighted by molar-refractivity contribution is 7.99. The minimum atomic E-state index is -0.208. The van der Waals surface area contributed by atoms with Crippen LogP contribution < -0.4 is 5.32 Å². The quantitative estimate of drug-likeness (QED) is 0.913. The van der Waals surface area contributed by atoms with Crippen LogP contribution in [0.3, 0.4) is 0 Å². The summed E-state index contributed by atoms with van der Waals surface area (Å²) in [6.07, 6.45) is 0. The Bertz CT molecular complexity index is 586. The Labute approximate surface area is 121 Å². The van der Waals surface area contributed by atoms with Gasteiger partial charge >= 0.3 is 0 Å². The Morgan fingerprint density at radius 3 is 2.65 bits per heavy atom. The lowest BCUT2D eigenvalue weighted by Crippen LogP contribution is -2.22. The molecule has 2 rings (SSSR count).